The Bertz CT molecular complexity index is 477. The molecule has 0 aliphatic heterocycles. The van der Waals surface area contributed by atoms with Gasteiger partial charge < -0.3 is 5.11 Å². The van der Waals surface area contributed by atoms with Crippen LogP contribution in [-0.4, -0.2) is 11.1 Å². The van der Waals surface area contributed by atoms with Gasteiger partial charge in [-0.15, -0.1) is 0 Å². The van der Waals surface area contributed by atoms with Gasteiger partial charge in [-0.2, -0.15) is 5.26 Å². The van der Waals surface area contributed by atoms with E-state index in [0.717, 1.165) is 0 Å². The van der Waals surface area contributed by atoms with E-state index in [9.17, 15) is 4.79 Å². The first-order valence-corrected chi connectivity index (χ1v) is 3.96. The molecular weight excluding hydrogens is 202 g/mol. The molecule has 4 heteroatoms. The predicted molar refractivity (Wildman–Crippen MR) is 50.9 cm³/mol. The molecule has 0 fully saturated rings. The van der Waals surface area contributed by atoms with Crippen LogP contribution in [0.15, 0.2) is 18.2 Å². The molecule has 3 nitrogen and oxygen atoms in total. The number of nitrogens with zero attached hydrogens (tertiary/aromatic N) is 1. The van der Waals surface area contributed by atoms with Gasteiger partial charge in [-0.25, -0.2) is 4.79 Å². The van der Waals surface area contributed by atoms with Gasteiger partial charge in [0.2, 0.25) is 0 Å². The van der Waals surface area contributed by atoms with Gasteiger partial charge in [0.15, 0.2) is 6.07 Å². The molecule has 0 atom stereocenters. The number of hydrogen-bond acceptors (Lipinski definition) is 2. The van der Waals surface area contributed by atoms with Crippen molar-refractivity contribution in [3.63, 3.8) is 0 Å². The first kappa shape index (κ1) is 10.1. The lowest BCUT2D eigenvalue weighted by molar-refractivity contribution is 0.0697. The van der Waals surface area contributed by atoms with E-state index in [0.29, 0.717) is 0 Å². The fraction of sp³-hybridized carbons (Fsp3) is 0. The molecule has 1 rings (SSSR count). The number of carboxylic acid groups (broad SMARTS) is 1. The molecule has 0 unspecified atom stereocenters. The summed E-state index contributed by atoms with van der Waals surface area (Å²) in [5, 5.41) is 17.1. The van der Waals surface area contributed by atoms with E-state index in [1.807, 2.05) is 0 Å². The number of nitriles is 1. The zero-order valence-corrected chi connectivity index (χ0v) is 7.67. The monoisotopic (exact) mass is 205 g/mol. The number of benzene rings is 1. The van der Waals surface area contributed by atoms with E-state index >= 15 is 0 Å². The third-order valence-corrected chi connectivity index (χ3v) is 1.80. The predicted octanol–water partition coefficient (Wildman–Crippen LogP) is 1.91. The minimum absolute atomic E-state index is 0.0723. The van der Waals surface area contributed by atoms with E-state index < -0.39 is 5.97 Å². The summed E-state index contributed by atoms with van der Waals surface area (Å²) in [6, 6.07) is 6.14. The molecule has 0 spiro atoms. The molecule has 0 saturated heterocycles. The normalized spacial score (nSPS) is 8.29. The van der Waals surface area contributed by atoms with Crippen LogP contribution in [0.3, 0.4) is 0 Å². The average Bonchev–Trinajstić information content (AvgIpc) is 2.14. The van der Waals surface area contributed by atoms with Crippen LogP contribution in [0.25, 0.3) is 0 Å². The maximum Gasteiger partial charge on any atom is 0.338 e. The summed E-state index contributed by atoms with van der Waals surface area (Å²) in [5.74, 6) is 3.37. The van der Waals surface area contributed by atoms with Crippen LogP contribution >= 0.6 is 11.6 Å². The van der Waals surface area contributed by atoms with E-state index in [1.54, 1.807) is 12.1 Å². The van der Waals surface area contributed by atoms with Crippen molar-refractivity contribution in [1.29, 1.82) is 5.26 Å². The van der Waals surface area contributed by atoms with Gasteiger partial charge in [-0.1, -0.05) is 17.7 Å². The van der Waals surface area contributed by atoms with Crippen LogP contribution in [0.1, 0.15) is 15.9 Å². The molecule has 0 aromatic heterocycles. The number of aromatic carboxylic acids is 1. The zero-order chi connectivity index (χ0) is 10.6. The molecule has 0 heterocycles. The molecule has 0 amide bonds. The second-order valence-corrected chi connectivity index (χ2v) is 2.74. The lowest BCUT2D eigenvalue weighted by Gasteiger charge is -2.00. The molecule has 0 aliphatic carbocycles. The summed E-state index contributed by atoms with van der Waals surface area (Å²) in [4.78, 5) is 10.8. The Morgan fingerprint density at radius 3 is 2.79 bits per heavy atom. The van der Waals surface area contributed by atoms with E-state index in [1.165, 1.54) is 12.1 Å². The molecule has 0 aliphatic rings. The molecule has 14 heavy (non-hydrogen) atoms. The lowest BCUT2D eigenvalue weighted by atomic mass is 10.1. The first-order chi connectivity index (χ1) is 6.66. The van der Waals surface area contributed by atoms with Crippen molar-refractivity contribution >= 4 is 17.6 Å². The summed E-state index contributed by atoms with van der Waals surface area (Å²) < 4.78 is 0. The number of hydrogen-bond donors (Lipinski definition) is 1. The number of rotatable bonds is 1. The summed E-state index contributed by atoms with van der Waals surface area (Å²) in [6.07, 6.45) is 0. The van der Waals surface area contributed by atoms with Crippen LogP contribution in [0, 0.1) is 23.2 Å². The summed E-state index contributed by atoms with van der Waals surface area (Å²) in [5.41, 5.74) is 0.170. The summed E-state index contributed by atoms with van der Waals surface area (Å²) in [6.45, 7) is 0. The van der Waals surface area contributed by atoms with Crippen LogP contribution < -0.4 is 0 Å². The van der Waals surface area contributed by atoms with Crippen LogP contribution in [-0.2, 0) is 0 Å². The van der Waals surface area contributed by atoms with Crippen LogP contribution in [0.2, 0.25) is 5.02 Å². The molecule has 1 aromatic rings. The van der Waals surface area contributed by atoms with E-state index in [-0.39, 0.29) is 16.1 Å². The zero-order valence-electron chi connectivity index (χ0n) is 6.91. The summed E-state index contributed by atoms with van der Waals surface area (Å²) in [7, 11) is 0. The molecule has 0 radical (unpaired) electrons. The van der Waals surface area contributed by atoms with Crippen molar-refractivity contribution in [1.82, 2.24) is 0 Å². The fourth-order valence-electron chi connectivity index (χ4n) is 0.941. The maximum absolute atomic E-state index is 10.8. The van der Waals surface area contributed by atoms with Crippen molar-refractivity contribution in [2.75, 3.05) is 0 Å². The third-order valence-electron chi connectivity index (χ3n) is 1.48. The van der Waals surface area contributed by atoms with Gasteiger partial charge in [-0.3, -0.25) is 0 Å². The maximum atomic E-state index is 10.8. The Morgan fingerprint density at radius 2 is 2.21 bits per heavy atom. The van der Waals surface area contributed by atoms with Crippen molar-refractivity contribution in [2.45, 2.75) is 0 Å². The van der Waals surface area contributed by atoms with Gasteiger partial charge in [-0.05, 0) is 18.1 Å². The number of carboxylic acids is 1. The molecule has 68 valence electrons. The quantitative estimate of drug-likeness (QED) is 0.713. The van der Waals surface area contributed by atoms with Gasteiger partial charge in [0, 0.05) is 11.5 Å². The largest absolute Gasteiger partial charge is 0.478 e. The van der Waals surface area contributed by atoms with Crippen molar-refractivity contribution in [3.8, 4) is 17.9 Å². The van der Waals surface area contributed by atoms with Crippen LogP contribution in [0.5, 0.6) is 0 Å². The Hall–Kier alpha value is -1.97. The second kappa shape index (κ2) is 4.32. The highest BCUT2D eigenvalue weighted by molar-refractivity contribution is 6.33. The van der Waals surface area contributed by atoms with Gasteiger partial charge in [0.05, 0.1) is 10.6 Å². The highest BCUT2D eigenvalue weighted by Crippen LogP contribution is 2.19. The van der Waals surface area contributed by atoms with Gasteiger partial charge in [0.25, 0.3) is 0 Å². The molecule has 0 bridgehead atoms. The standard InChI is InChI=1S/C10H4ClNO2/c11-8-5-1-3-7(4-2-6-12)9(8)10(13)14/h1,3,5H,(H,13,14). The molecule has 1 aromatic carbocycles. The Labute approximate surface area is 85.5 Å². The summed E-state index contributed by atoms with van der Waals surface area (Å²) >= 11 is 5.67. The molecule has 1 N–H and O–H groups in total. The van der Waals surface area contributed by atoms with E-state index in [4.69, 9.17) is 22.0 Å². The van der Waals surface area contributed by atoms with Gasteiger partial charge in [0.1, 0.15) is 0 Å². The second-order valence-electron chi connectivity index (χ2n) is 2.33. The number of halogens is 1. The average molecular weight is 206 g/mol. The molecule has 0 saturated carbocycles. The fourth-order valence-corrected chi connectivity index (χ4v) is 1.20. The highest BCUT2D eigenvalue weighted by atomic mass is 35.5. The Morgan fingerprint density at radius 1 is 1.50 bits per heavy atom. The lowest BCUT2D eigenvalue weighted by Crippen LogP contribution is -2.00. The van der Waals surface area contributed by atoms with Crippen LogP contribution in [0.4, 0.5) is 0 Å². The first-order valence-electron chi connectivity index (χ1n) is 3.58. The minimum Gasteiger partial charge on any atom is -0.478 e. The topological polar surface area (TPSA) is 61.1 Å². The Kier molecular flexibility index (Phi) is 3.12. The van der Waals surface area contributed by atoms with E-state index in [2.05, 4.69) is 11.8 Å². The minimum atomic E-state index is -1.15. The van der Waals surface area contributed by atoms with Gasteiger partial charge >= 0.3 is 5.97 Å². The Balaban J connectivity index is 3.37. The third kappa shape index (κ3) is 2.04. The van der Waals surface area contributed by atoms with Crippen molar-refractivity contribution in [3.05, 3.63) is 34.3 Å². The van der Waals surface area contributed by atoms with Crippen molar-refractivity contribution < 1.29 is 9.90 Å². The smallest absolute Gasteiger partial charge is 0.338 e. The number of carbonyl (C=O) groups is 1. The van der Waals surface area contributed by atoms with Crippen molar-refractivity contribution in [2.24, 2.45) is 0 Å². The highest BCUT2D eigenvalue weighted by Gasteiger charge is 2.12. The SMILES string of the molecule is N#CC#Cc1cccc(Cl)c1C(=O)O. The molecular formula is C10H4ClNO2.